The van der Waals surface area contributed by atoms with Gasteiger partial charge in [-0.15, -0.1) is 0 Å². The number of pyridine rings is 1. The molecule has 47 heavy (non-hydrogen) atoms. The van der Waals surface area contributed by atoms with Gasteiger partial charge in [0, 0.05) is 15.4 Å². The second-order valence-electron chi connectivity index (χ2n) is 14.0. The molecule has 2 bridgehead atoms. The van der Waals surface area contributed by atoms with E-state index < -0.39 is 54.1 Å². The Morgan fingerprint density at radius 2 is 1.74 bits per heavy atom. The van der Waals surface area contributed by atoms with Gasteiger partial charge in [0.25, 0.3) is 11.8 Å². The number of rotatable bonds is 8. The van der Waals surface area contributed by atoms with Crippen LogP contribution in [-0.4, -0.2) is 59.7 Å². The summed E-state index contributed by atoms with van der Waals surface area (Å²) in [7, 11) is 0. The average Bonchev–Trinajstić information content (AvgIpc) is 2.96. The fraction of sp³-hybridized carbons (Fsp3) is 0.500. The maximum absolute atomic E-state index is 14.5. The van der Waals surface area contributed by atoms with E-state index in [1.807, 2.05) is 0 Å². The van der Waals surface area contributed by atoms with Crippen molar-refractivity contribution in [2.24, 2.45) is 5.41 Å². The number of hydrogen-bond donors (Lipinski definition) is 2. The zero-order valence-corrected chi connectivity index (χ0v) is 28.1. The molecule has 13 heteroatoms. The van der Waals surface area contributed by atoms with E-state index in [1.165, 1.54) is 11.0 Å². The maximum atomic E-state index is 14.5. The normalized spacial score (nSPS) is 25.0. The van der Waals surface area contributed by atoms with Gasteiger partial charge in [0.05, 0.1) is 46.9 Å². The van der Waals surface area contributed by atoms with Crippen LogP contribution < -0.4 is 20.3 Å². The van der Waals surface area contributed by atoms with Crippen molar-refractivity contribution < 1.29 is 36.6 Å². The number of hydrogen-bond acceptors (Lipinski definition) is 7. The van der Waals surface area contributed by atoms with Crippen molar-refractivity contribution in [3.8, 4) is 5.75 Å². The lowest BCUT2D eigenvalue weighted by Gasteiger charge is -2.57. The Morgan fingerprint density at radius 1 is 1.06 bits per heavy atom. The first-order valence-corrected chi connectivity index (χ1v) is 16.4. The number of amides is 1. The molecule has 3 aliphatic carbocycles. The van der Waals surface area contributed by atoms with Crippen LogP contribution in [0.5, 0.6) is 5.75 Å². The summed E-state index contributed by atoms with van der Waals surface area (Å²) in [5.41, 5.74) is -0.879. The zero-order valence-electron chi connectivity index (χ0n) is 26.6. The summed E-state index contributed by atoms with van der Waals surface area (Å²) in [6, 6.07) is 11.0. The van der Waals surface area contributed by atoms with Crippen LogP contribution in [0.2, 0.25) is 0 Å². The number of ether oxygens (including phenoxy) is 2. The Morgan fingerprint density at radius 3 is 2.38 bits per heavy atom. The summed E-state index contributed by atoms with van der Waals surface area (Å²) < 4.78 is 65.8. The van der Waals surface area contributed by atoms with E-state index in [9.17, 15) is 27.2 Å². The average molecular weight is 722 g/mol. The van der Waals surface area contributed by atoms with Crippen molar-refractivity contribution in [2.75, 3.05) is 23.3 Å². The highest BCUT2D eigenvalue weighted by molar-refractivity contribution is 9.10. The SMILES string of the molecule is Cc1c(N2CC(F)(F)C2)nc2ccc(Br)cc2c1C(=O)NC12CCC(C(=O)OC(C)(C)C)(CC1)CC2Nc1ccccc1OC(F)F. The fourth-order valence-corrected chi connectivity index (χ4v) is 7.59. The number of aromatic nitrogens is 1. The summed E-state index contributed by atoms with van der Waals surface area (Å²) in [6.07, 6.45) is 1.99. The number of alkyl halides is 4. The highest BCUT2D eigenvalue weighted by Gasteiger charge is 2.59. The molecule has 3 saturated carbocycles. The minimum absolute atomic E-state index is 0.0615. The van der Waals surface area contributed by atoms with E-state index in [4.69, 9.17) is 9.47 Å². The molecule has 2 N–H and O–H groups in total. The lowest BCUT2D eigenvalue weighted by molar-refractivity contribution is -0.175. The number of benzene rings is 2. The number of anilines is 2. The molecule has 1 aliphatic heterocycles. The fourth-order valence-electron chi connectivity index (χ4n) is 7.23. The van der Waals surface area contributed by atoms with Crippen LogP contribution in [0.1, 0.15) is 68.8 Å². The highest BCUT2D eigenvalue weighted by Crippen LogP contribution is 2.55. The Hall–Kier alpha value is -3.61. The van der Waals surface area contributed by atoms with Crippen LogP contribution in [0.3, 0.4) is 0 Å². The minimum atomic E-state index is -3.05. The van der Waals surface area contributed by atoms with Gasteiger partial charge in [0.2, 0.25) is 0 Å². The minimum Gasteiger partial charge on any atom is -0.460 e. The summed E-state index contributed by atoms with van der Waals surface area (Å²) in [4.78, 5) is 34.2. The van der Waals surface area contributed by atoms with Crippen LogP contribution >= 0.6 is 15.9 Å². The van der Waals surface area contributed by atoms with Crippen molar-refractivity contribution in [2.45, 2.75) is 89.5 Å². The van der Waals surface area contributed by atoms with Crippen molar-refractivity contribution >= 4 is 50.2 Å². The molecule has 2 aromatic carbocycles. The molecular formula is C34H37BrF4N4O4. The molecule has 252 valence electrons. The Balaban J connectivity index is 1.39. The van der Waals surface area contributed by atoms with E-state index in [0.29, 0.717) is 63.7 Å². The van der Waals surface area contributed by atoms with Crippen molar-refractivity contribution in [1.29, 1.82) is 0 Å². The molecule has 1 saturated heterocycles. The van der Waals surface area contributed by atoms with E-state index in [0.717, 1.165) is 0 Å². The van der Waals surface area contributed by atoms with Crippen molar-refractivity contribution in [1.82, 2.24) is 10.3 Å². The van der Waals surface area contributed by atoms with Gasteiger partial charge in [-0.3, -0.25) is 9.59 Å². The molecule has 1 unspecified atom stereocenters. The van der Waals surface area contributed by atoms with E-state index in [-0.39, 0.29) is 18.1 Å². The van der Waals surface area contributed by atoms with Gasteiger partial charge in [0.1, 0.15) is 17.2 Å². The van der Waals surface area contributed by atoms with Crippen molar-refractivity contribution in [3.63, 3.8) is 0 Å². The standard InChI is InChI=1S/C34H37BrF4N4O4/c1-19-26(21-15-20(35)9-10-22(21)41-27(19)43-17-34(38,39)18-43)28(44)42-33-13-11-32(12-14-33,29(45)47-31(2,3)4)16-25(33)40-23-7-5-6-8-24(23)46-30(36)37/h5-10,15,25,30,40H,11-14,16-18H2,1-4H3,(H,42,44). The topological polar surface area (TPSA) is 92.8 Å². The van der Waals surface area contributed by atoms with E-state index >= 15 is 0 Å². The lowest BCUT2D eigenvalue weighted by atomic mass is 9.54. The quantitative estimate of drug-likeness (QED) is 0.183. The lowest BCUT2D eigenvalue weighted by Crippen LogP contribution is -2.68. The number of esters is 1. The number of carbonyl (C=O) groups excluding carboxylic acids is 2. The van der Waals surface area contributed by atoms with Gasteiger partial charge >= 0.3 is 12.6 Å². The van der Waals surface area contributed by atoms with Crippen molar-refractivity contribution in [3.05, 3.63) is 58.1 Å². The van der Waals surface area contributed by atoms with Gasteiger partial charge in [0.15, 0.2) is 0 Å². The Kier molecular flexibility index (Phi) is 8.37. The predicted molar refractivity (Wildman–Crippen MR) is 173 cm³/mol. The number of fused-ring (bicyclic) bond motifs is 4. The number of nitrogens with zero attached hydrogens (tertiary/aromatic N) is 2. The largest absolute Gasteiger partial charge is 0.460 e. The summed E-state index contributed by atoms with van der Waals surface area (Å²) in [5.74, 6) is -3.33. The number of nitrogens with one attached hydrogen (secondary N) is 2. The second kappa shape index (κ2) is 11.8. The van der Waals surface area contributed by atoms with Gasteiger partial charge in [-0.2, -0.15) is 8.78 Å². The first kappa shape index (κ1) is 33.3. The molecule has 4 fully saturated rings. The first-order chi connectivity index (χ1) is 22.0. The molecule has 8 nitrogen and oxygen atoms in total. The summed E-state index contributed by atoms with van der Waals surface area (Å²) >= 11 is 3.48. The van der Waals surface area contributed by atoms with Gasteiger partial charge < -0.3 is 25.0 Å². The predicted octanol–water partition coefficient (Wildman–Crippen LogP) is 7.62. The van der Waals surface area contributed by atoms with Crippen LogP contribution in [-0.2, 0) is 9.53 Å². The number of carbonyl (C=O) groups is 2. The molecule has 7 rings (SSSR count). The van der Waals surface area contributed by atoms with Gasteiger partial charge in [-0.05, 0) is 90.1 Å². The highest BCUT2D eigenvalue weighted by atomic mass is 79.9. The van der Waals surface area contributed by atoms with Crippen LogP contribution in [0.4, 0.5) is 29.1 Å². The molecule has 0 radical (unpaired) electrons. The van der Waals surface area contributed by atoms with E-state index in [1.54, 1.807) is 64.1 Å². The third-order valence-electron chi connectivity index (χ3n) is 9.52. The summed E-state index contributed by atoms with van der Waals surface area (Å²) in [6.45, 7) is 3.08. The molecule has 2 heterocycles. The molecule has 1 amide bonds. The molecule has 1 atom stereocenters. The molecule has 3 aromatic rings. The third kappa shape index (κ3) is 6.47. The van der Waals surface area contributed by atoms with E-state index in [2.05, 4.69) is 31.5 Å². The maximum Gasteiger partial charge on any atom is 0.387 e. The Labute approximate surface area is 278 Å². The zero-order chi connectivity index (χ0) is 33.9. The molecular weight excluding hydrogens is 684 g/mol. The summed E-state index contributed by atoms with van der Waals surface area (Å²) in [5, 5.41) is 7.19. The third-order valence-corrected chi connectivity index (χ3v) is 10.0. The molecule has 4 aliphatic rings. The van der Waals surface area contributed by atoms with Crippen LogP contribution in [0, 0.1) is 12.3 Å². The number of halogens is 5. The smallest absolute Gasteiger partial charge is 0.387 e. The Bertz CT molecular complexity index is 1710. The number of para-hydroxylation sites is 2. The second-order valence-corrected chi connectivity index (χ2v) is 14.9. The van der Waals surface area contributed by atoms with Gasteiger partial charge in [-0.25, -0.2) is 13.8 Å². The first-order valence-electron chi connectivity index (χ1n) is 15.6. The van der Waals surface area contributed by atoms with Crippen LogP contribution in [0.25, 0.3) is 10.9 Å². The van der Waals surface area contributed by atoms with Crippen LogP contribution in [0.15, 0.2) is 46.9 Å². The monoisotopic (exact) mass is 720 g/mol. The van der Waals surface area contributed by atoms with Gasteiger partial charge in [-0.1, -0.05) is 28.1 Å². The molecule has 1 aromatic heterocycles. The molecule has 0 spiro atoms.